The first-order chi connectivity index (χ1) is 6.83. The SMILES string of the molecule is Cc1ccn2cc(C3CCC3)nc2c1. The van der Waals surface area contributed by atoms with Gasteiger partial charge >= 0.3 is 0 Å². The van der Waals surface area contributed by atoms with E-state index in [-0.39, 0.29) is 0 Å². The van der Waals surface area contributed by atoms with Crippen molar-refractivity contribution in [1.29, 1.82) is 0 Å². The molecule has 2 aromatic heterocycles. The van der Waals surface area contributed by atoms with Crippen molar-refractivity contribution in [1.82, 2.24) is 9.38 Å². The topological polar surface area (TPSA) is 17.3 Å². The quantitative estimate of drug-likeness (QED) is 0.669. The molecular weight excluding hydrogens is 172 g/mol. The minimum absolute atomic E-state index is 0.732. The predicted molar refractivity (Wildman–Crippen MR) is 56.5 cm³/mol. The van der Waals surface area contributed by atoms with Crippen LogP contribution in [0.5, 0.6) is 0 Å². The van der Waals surface area contributed by atoms with Crippen LogP contribution in [0.1, 0.15) is 36.4 Å². The minimum Gasteiger partial charge on any atom is -0.307 e. The first kappa shape index (κ1) is 8.04. The molecule has 14 heavy (non-hydrogen) atoms. The zero-order chi connectivity index (χ0) is 9.54. The molecule has 0 radical (unpaired) electrons. The van der Waals surface area contributed by atoms with Gasteiger partial charge in [0.2, 0.25) is 0 Å². The molecule has 0 amide bonds. The molecule has 0 aliphatic heterocycles. The first-order valence-corrected chi connectivity index (χ1v) is 5.28. The van der Waals surface area contributed by atoms with Gasteiger partial charge in [-0.2, -0.15) is 0 Å². The molecule has 0 saturated heterocycles. The molecule has 2 aromatic rings. The van der Waals surface area contributed by atoms with E-state index >= 15 is 0 Å². The van der Waals surface area contributed by atoms with Crippen molar-refractivity contribution < 1.29 is 0 Å². The Kier molecular flexibility index (Phi) is 1.63. The summed E-state index contributed by atoms with van der Waals surface area (Å²) in [5, 5.41) is 0. The van der Waals surface area contributed by atoms with E-state index in [9.17, 15) is 0 Å². The van der Waals surface area contributed by atoms with Crippen molar-refractivity contribution in [3.63, 3.8) is 0 Å². The summed E-state index contributed by atoms with van der Waals surface area (Å²) in [6, 6.07) is 4.27. The molecule has 1 aliphatic rings. The average molecular weight is 186 g/mol. The molecule has 2 heteroatoms. The van der Waals surface area contributed by atoms with E-state index in [4.69, 9.17) is 0 Å². The van der Waals surface area contributed by atoms with Crippen LogP contribution < -0.4 is 0 Å². The molecule has 1 aliphatic carbocycles. The van der Waals surface area contributed by atoms with Crippen molar-refractivity contribution in [3.05, 3.63) is 35.8 Å². The third kappa shape index (κ3) is 1.14. The number of aryl methyl sites for hydroxylation is 1. The Labute approximate surface area is 83.6 Å². The molecule has 1 saturated carbocycles. The monoisotopic (exact) mass is 186 g/mol. The minimum atomic E-state index is 0.732. The van der Waals surface area contributed by atoms with E-state index in [2.05, 4.69) is 40.8 Å². The van der Waals surface area contributed by atoms with Crippen molar-refractivity contribution in [2.24, 2.45) is 0 Å². The lowest BCUT2D eigenvalue weighted by molar-refractivity contribution is 0.412. The van der Waals surface area contributed by atoms with E-state index in [1.165, 1.54) is 30.5 Å². The number of aromatic nitrogens is 2. The molecule has 0 unspecified atom stereocenters. The Morgan fingerprint density at radius 2 is 2.29 bits per heavy atom. The van der Waals surface area contributed by atoms with Crippen LogP contribution in [-0.2, 0) is 0 Å². The molecule has 0 atom stereocenters. The Morgan fingerprint density at radius 3 is 3.00 bits per heavy atom. The zero-order valence-electron chi connectivity index (χ0n) is 8.40. The van der Waals surface area contributed by atoms with E-state index in [1.807, 2.05) is 0 Å². The summed E-state index contributed by atoms with van der Waals surface area (Å²) < 4.78 is 2.13. The third-order valence-corrected chi connectivity index (χ3v) is 3.16. The standard InChI is InChI=1S/C12H14N2/c1-9-5-6-14-8-11(10-3-2-4-10)13-12(14)7-9/h5-8,10H,2-4H2,1H3. The summed E-state index contributed by atoms with van der Waals surface area (Å²) in [7, 11) is 0. The second-order valence-electron chi connectivity index (χ2n) is 4.26. The largest absolute Gasteiger partial charge is 0.307 e. The van der Waals surface area contributed by atoms with E-state index < -0.39 is 0 Å². The van der Waals surface area contributed by atoms with Gasteiger partial charge in [0.05, 0.1) is 5.69 Å². The van der Waals surface area contributed by atoms with Gasteiger partial charge < -0.3 is 4.40 Å². The summed E-state index contributed by atoms with van der Waals surface area (Å²) >= 11 is 0. The number of pyridine rings is 1. The number of hydrogen-bond donors (Lipinski definition) is 0. The van der Waals surface area contributed by atoms with Crippen LogP contribution in [0.25, 0.3) is 5.65 Å². The molecule has 1 fully saturated rings. The Balaban J connectivity index is 2.10. The van der Waals surface area contributed by atoms with Crippen LogP contribution >= 0.6 is 0 Å². The highest BCUT2D eigenvalue weighted by atomic mass is 15.0. The van der Waals surface area contributed by atoms with Gasteiger partial charge in [0.15, 0.2) is 0 Å². The maximum absolute atomic E-state index is 4.66. The molecule has 0 spiro atoms. The second kappa shape index (κ2) is 2.84. The van der Waals surface area contributed by atoms with Gasteiger partial charge in [0.25, 0.3) is 0 Å². The first-order valence-electron chi connectivity index (χ1n) is 5.28. The molecule has 2 heterocycles. The van der Waals surface area contributed by atoms with Crippen LogP contribution in [0.15, 0.2) is 24.5 Å². The lowest BCUT2D eigenvalue weighted by Gasteiger charge is -2.22. The molecule has 3 rings (SSSR count). The van der Waals surface area contributed by atoms with Crippen LogP contribution in [0.4, 0.5) is 0 Å². The smallest absolute Gasteiger partial charge is 0.137 e. The fraction of sp³-hybridized carbons (Fsp3) is 0.417. The van der Waals surface area contributed by atoms with Gasteiger partial charge in [-0.1, -0.05) is 6.42 Å². The number of fused-ring (bicyclic) bond motifs is 1. The van der Waals surface area contributed by atoms with E-state index in [0.717, 1.165) is 11.6 Å². The van der Waals surface area contributed by atoms with Gasteiger partial charge in [-0.05, 0) is 37.5 Å². The molecule has 0 aromatic carbocycles. The highest BCUT2D eigenvalue weighted by molar-refractivity contribution is 5.43. The van der Waals surface area contributed by atoms with E-state index in [1.54, 1.807) is 0 Å². The molecule has 0 bridgehead atoms. The fourth-order valence-electron chi connectivity index (χ4n) is 2.00. The van der Waals surface area contributed by atoms with Crippen molar-refractivity contribution >= 4 is 5.65 Å². The van der Waals surface area contributed by atoms with Crippen molar-refractivity contribution in [2.45, 2.75) is 32.1 Å². The zero-order valence-corrected chi connectivity index (χ0v) is 8.40. The number of nitrogens with zero attached hydrogens (tertiary/aromatic N) is 2. The van der Waals surface area contributed by atoms with Gasteiger partial charge in [-0.25, -0.2) is 4.98 Å². The lowest BCUT2D eigenvalue weighted by atomic mass is 9.83. The molecular formula is C12H14N2. The number of hydrogen-bond acceptors (Lipinski definition) is 1. The summed E-state index contributed by atoms with van der Waals surface area (Å²) in [5.74, 6) is 0.732. The number of imidazole rings is 1. The molecule has 2 nitrogen and oxygen atoms in total. The van der Waals surface area contributed by atoms with Gasteiger partial charge in [-0.15, -0.1) is 0 Å². The van der Waals surface area contributed by atoms with E-state index in [0.29, 0.717) is 0 Å². The summed E-state index contributed by atoms with van der Waals surface area (Å²) in [5.41, 5.74) is 3.65. The highest BCUT2D eigenvalue weighted by Crippen LogP contribution is 2.35. The molecule has 0 N–H and O–H groups in total. The van der Waals surface area contributed by atoms with Crippen LogP contribution in [0, 0.1) is 6.92 Å². The fourth-order valence-corrected chi connectivity index (χ4v) is 2.00. The van der Waals surface area contributed by atoms with Crippen molar-refractivity contribution in [2.75, 3.05) is 0 Å². The van der Waals surface area contributed by atoms with Gasteiger partial charge in [0, 0.05) is 18.3 Å². The summed E-state index contributed by atoms with van der Waals surface area (Å²) in [4.78, 5) is 4.66. The second-order valence-corrected chi connectivity index (χ2v) is 4.26. The normalized spacial score (nSPS) is 17.2. The predicted octanol–water partition coefficient (Wildman–Crippen LogP) is 2.91. The van der Waals surface area contributed by atoms with Crippen LogP contribution in [-0.4, -0.2) is 9.38 Å². The summed E-state index contributed by atoms with van der Waals surface area (Å²) in [6.45, 7) is 2.11. The third-order valence-electron chi connectivity index (χ3n) is 3.16. The van der Waals surface area contributed by atoms with Gasteiger partial charge in [-0.3, -0.25) is 0 Å². The Bertz CT molecular complexity index is 466. The lowest BCUT2D eigenvalue weighted by Crippen LogP contribution is -2.08. The maximum atomic E-state index is 4.66. The van der Waals surface area contributed by atoms with Gasteiger partial charge in [0.1, 0.15) is 5.65 Å². The average Bonchev–Trinajstić information content (AvgIpc) is 2.43. The Morgan fingerprint density at radius 1 is 1.43 bits per heavy atom. The number of rotatable bonds is 1. The van der Waals surface area contributed by atoms with Crippen LogP contribution in [0.3, 0.4) is 0 Å². The van der Waals surface area contributed by atoms with Crippen molar-refractivity contribution in [3.8, 4) is 0 Å². The Hall–Kier alpha value is -1.31. The maximum Gasteiger partial charge on any atom is 0.137 e. The molecule has 72 valence electrons. The highest BCUT2D eigenvalue weighted by Gasteiger charge is 2.21. The summed E-state index contributed by atoms with van der Waals surface area (Å²) in [6.07, 6.45) is 8.29. The van der Waals surface area contributed by atoms with Crippen LogP contribution in [0.2, 0.25) is 0 Å².